The molecule has 0 bridgehead atoms. The number of carbonyl (C=O) groups excluding carboxylic acids is 1. The number of hydrogen-bond acceptors (Lipinski definition) is 3. The summed E-state index contributed by atoms with van der Waals surface area (Å²) in [6, 6.07) is 4.99. The van der Waals surface area contributed by atoms with Crippen molar-refractivity contribution in [1.82, 2.24) is 4.90 Å². The summed E-state index contributed by atoms with van der Waals surface area (Å²) in [4.78, 5) is 14.7. The molecule has 1 unspecified atom stereocenters. The van der Waals surface area contributed by atoms with Gasteiger partial charge in [-0.15, -0.1) is 0 Å². The Balaban J connectivity index is 1.97. The minimum absolute atomic E-state index is 0.0118. The highest BCUT2D eigenvalue weighted by molar-refractivity contribution is 6.34. The topological polar surface area (TPSA) is 58.4 Å². The zero-order chi connectivity index (χ0) is 15.2. The zero-order valence-corrected chi connectivity index (χ0v) is 13.3. The van der Waals surface area contributed by atoms with Crippen molar-refractivity contribution in [3.63, 3.8) is 0 Å². The molecular formula is C16H24ClN3O. The van der Waals surface area contributed by atoms with E-state index in [9.17, 15) is 4.79 Å². The van der Waals surface area contributed by atoms with E-state index in [1.807, 2.05) is 6.92 Å². The van der Waals surface area contributed by atoms with Crippen LogP contribution in [0.5, 0.6) is 0 Å². The molecule has 1 aromatic rings. The quantitative estimate of drug-likeness (QED) is 0.840. The van der Waals surface area contributed by atoms with Gasteiger partial charge < -0.3 is 11.1 Å². The first-order valence-corrected chi connectivity index (χ1v) is 8.05. The van der Waals surface area contributed by atoms with E-state index in [1.165, 1.54) is 32.1 Å². The van der Waals surface area contributed by atoms with Crippen molar-refractivity contribution in [2.45, 2.75) is 45.1 Å². The van der Waals surface area contributed by atoms with Gasteiger partial charge in [0.25, 0.3) is 0 Å². The van der Waals surface area contributed by atoms with E-state index >= 15 is 0 Å². The average molecular weight is 310 g/mol. The molecular weight excluding hydrogens is 286 g/mol. The minimum Gasteiger partial charge on any atom is -0.399 e. The number of halogens is 1. The van der Waals surface area contributed by atoms with Gasteiger partial charge in [-0.1, -0.05) is 30.9 Å². The van der Waals surface area contributed by atoms with Gasteiger partial charge in [-0.05, 0) is 51.1 Å². The molecule has 0 spiro atoms. The Bertz CT molecular complexity index is 484. The molecule has 116 valence electrons. The van der Waals surface area contributed by atoms with Gasteiger partial charge in [0.05, 0.1) is 16.8 Å². The summed E-state index contributed by atoms with van der Waals surface area (Å²) < 4.78 is 0. The Hall–Kier alpha value is -1.26. The molecule has 1 atom stereocenters. The van der Waals surface area contributed by atoms with Crippen molar-refractivity contribution >= 4 is 28.9 Å². The Morgan fingerprint density at radius 2 is 1.86 bits per heavy atom. The maximum absolute atomic E-state index is 12.4. The second-order valence-corrected chi connectivity index (χ2v) is 6.12. The minimum atomic E-state index is -0.142. The van der Waals surface area contributed by atoms with Crippen molar-refractivity contribution in [3.05, 3.63) is 23.2 Å². The fourth-order valence-electron chi connectivity index (χ4n) is 2.69. The van der Waals surface area contributed by atoms with E-state index in [2.05, 4.69) is 10.2 Å². The summed E-state index contributed by atoms with van der Waals surface area (Å²) in [6.45, 7) is 3.94. The largest absolute Gasteiger partial charge is 0.399 e. The van der Waals surface area contributed by atoms with Gasteiger partial charge in [-0.3, -0.25) is 9.69 Å². The van der Waals surface area contributed by atoms with E-state index in [1.54, 1.807) is 18.2 Å². The molecule has 0 aromatic heterocycles. The third-order valence-corrected chi connectivity index (χ3v) is 4.38. The fraction of sp³-hybridized carbons (Fsp3) is 0.562. The molecule has 5 heteroatoms. The van der Waals surface area contributed by atoms with Gasteiger partial charge >= 0.3 is 0 Å². The number of benzene rings is 1. The maximum Gasteiger partial charge on any atom is 0.241 e. The number of nitrogen functional groups attached to an aromatic ring is 1. The Morgan fingerprint density at radius 3 is 2.48 bits per heavy atom. The average Bonchev–Trinajstić information content (AvgIpc) is 2.41. The molecule has 4 nitrogen and oxygen atoms in total. The van der Waals surface area contributed by atoms with Crippen LogP contribution in [0.15, 0.2) is 18.2 Å². The van der Waals surface area contributed by atoms with E-state index in [-0.39, 0.29) is 11.9 Å². The normalized spacial score (nSPS) is 18.6. The van der Waals surface area contributed by atoms with Crippen LogP contribution in [0.4, 0.5) is 11.4 Å². The Labute approximate surface area is 131 Å². The summed E-state index contributed by atoms with van der Waals surface area (Å²) >= 11 is 6.10. The fourth-order valence-corrected chi connectivity index (χ4v) is 2.93. The highest BCUT2D eigenvalue weighted by Gasteiger charge is 2.22. The van der Waals surface area contributed by atoms with Crippen LogP contribution < -0.4 is 11.1 Å². The third-order valence-electron chi connectivity index (χ3n) is 4.07. The van der Waals surface area contributed by atoms with E-state index < -0.39 is 0 Å². The molecule has 1 heterocycles. The monoisotopic (exact) mass is 309 g/mol. The highest BCUT2D eigenvalue weighted by Crippen LogP contribution is 2.24. The number of amides is 1. The first-order chi connectivity index (χ1) is 10.1. The first kappa shape index (κ1) is 16.1. The first-order valence-electron chi connectivity index (χ1n) is 7.68. The maximum atomic E-state index is 12.4. The standard InChI is InChI=1S/C16H24ClN3O/c1-12(20-9-5-3-2-4-6-10-20)16(21)19-15-8-7-13(18)11-14(15)17/h7-8,11-12H,2-6,9-10,18H2,1H3,(H,19,21). The molecule has 0 aliphatic carbocycles. The van der Waals surface area contributed by atoms with Gasteiger partial charge in [0.2, 0.25) is 5.91 Å². The lowest BCUT2D eigenvalue weighted by Gasteiger charge is -2.29. The molecule has 1 aliphatic heterocycles. The number of likely N-dealkylation sites (tertiary alicyclic amines) is 1. The summed E-state index contributed by atoms with van der Waals surface area (Å²) in [5, 5.41) is 3.38. The summed E-state index contributed by atoms with van der Waals surface area (Å²) in [5.74, 6) is -0.0118. The van der Waals surface area contributed by atoms with Crippen LogP contribution in [0.2, 0.25) is 5.02 Å². The number of rotatable bonds is 3. The lowest BCUT2D eigenvalue weighted by Crippen LogP contribution is -2.43. The number of nitrogens with one attached hydrogen (secondary N) is 1. The van der Waals surface area contributed by atoms with Crippen molar-refractivity contribution in [1.29, 1.82) is 0 Å². The lowest BCUT2D eigenvalue weighted by atomic mass is 10.1. The van der Waals surface area contributed by atoms with Crippen LogP contribution in [0, 0.1) is 0 Å². The smallest absolute Gasteiger partial charge is 0.241 e. The summed E-state index contributed by atoms with van der Waals surface area (Å²) in [7, 11) is 0. The molecule has 1 aromatic carbocycles. The number of carbonyl (C=O) groups is 1. The second kappa shape index (κ2) is 7.66. The molecule has 1 amide bonds. The predicted octanol–water partition coefficient (Wildman–Crippen LogP) is 3.52. The molecule has 3 N–H and O–H groups in total. The molecule has 1 fully saturated rings. The SMILES string of the molecule is CC(C(=O)Nc1ccc(N)cc1Cl)N1CCCCCCC1. The van der Waals surface area contributed by atoms with Gasteiger partial charge in [-0.25, -0.2) is 0 Å². The summed E-state index contributed by atoms with van der Waals surface area (Å²) in [5.41, 5.74) is 6.87. The third kappa shape index (κ3) is 4.61. The predicted molar refractivity (Wildman–Crippen MR) is 88.6 cm³/mol. The van der Waals surface area contributed by atoms with Crippen LogP contribution >= 0.6 is 11.6 Å². The van der Waals surface area contributed by atoms with Crippen LogP contribution in [-0.4, -0.2) is 29.9 Å². The second-order valence-electron chi connectivity index (χ2n) is 5.71. The van der Waals surface area contributed by atoms with Crippen LogP contribution in [0.3, 0.4) is 0 Å². The van der Waals surface area contributed by atoms with E-state index in [4.69, 9.17) is 17.3 Å². The molecule has 2 rings (SSSR count). The molecule has 1 aliphatic rings. The van der Waals surface area contributed by atoms with Gasteiger partial charge in [-0.2, -0.15) is 0 Å². The van der Waals surface area contributed by atoms with E-state index in [0.717, 1.165) is 13.1 Å². The lowest BCUT2D eigenvalue weighted by molar-refractivity contribution is -0.120. The molecule has 0 radical (unpaired) electrons. The zero-order valence-electron chi connectivity index (χ0n) is 12.6. The van der Waals surface area contributed by atoms with Crippen molar-refractivity contribution in [3.8, 4) is 0 Å². The highest BCUT2D eigenvalue weighted by atomic mass is 35.5. The molecule has 1 saturated heterocycles. The van der Waals surface area contributed by atoms with Crippen LogP contribution in [0.1, 0.15) is 39.0 Å². The Morgan fingerprint density at radius 1 is 1.24 bits per heavy atom. The Kier molecular flexibility index (Phi) is 5.88. The van der Waals surface area contributed by atoms with Gasteiger partial charge in [0.15, 0.2) is 0 Å². The van der Waals surface area contributed by atoms with Gasteiger partial charge in [0, 0.05) is 5.69 Å². The summed E-state index contributed by atoms with van der Waals surface area (Å²) in [6.07, 6.45) is 6.17. The van der Waals surface area contributed by atoms with Crippen LogP contribution in [-0.2, 0) is 4.79 Å². The number of nitrogens with zero attached hydrogens (tertiary/aromatic N) is 1. The van der Waals surface area contributed by atoms with Crippen molar-refractivity contribution < 1.29 is 4.79 Å². The van der Waals surface area contributed by atoms with Crippen molar-refractivity contribution in [2.24, 2.45) is 0 Å². The number of nitrogens with two attached hydrogens (primary N) is 1. The molecule has 0 saturated carbocycles. The number of anilines is 2. The van der Waals surface area contributed by atoms with Crippen LogP contribution in [0.25, 0.3) is 0 Å². The van der Waals surface area contributed by atoms with E-state index in [0.29, 0.717) is 16.4 Å². The number of hydrogen-bond donors (Lipinski definition) is 2. The molecule has 21 heavy (non-hydrogen) atoms. The van der Waals surface area contributed by atoms with Crippen molar-refractivity contribution in [2.75, 3.05) is 24.1 Å². The van der Waals surface area contributed by atoms with Gasteiger partial charge in [0.1, 0.15) is 0 Å².